The first-order valence-electron chi connectivity index (χ1n) is 4.68. The highest BCUT2D eigenvalue weighted by molar-refractivity contribution is 5.36. The summed E-state index contributed by atoms with van der Waals surface area (Å²) in [6, 6.07) is 7.75. The Morgan fingerprint density at radius 1 is 1.21 bits per heavy atom. The Balaban J connectivity index is 2.39. The van der Waals surface area contributed by atoms with Crippen molar-refractivity contribution in [1.29, 1.82) is 0 Å². The van der Waals surface area contributed by atoms with E-state index in [-0.39, 0.29) is 0 Å². The van der Waals surface area contributed by atoms with Crippen molar-refractivity contribution in [1.82, 2.24) is 0 Å². The van der Waals surface area contributed by atoms with Gasteiger partial charge in [-0.1, -0.05) is 12.1 Å². The molecular weight excluding hydrogens is 180 g/mol. The van der Waals surface area contributed by atoms with Crippen LogP contribution >= 0.6 is 0 Å². The lowest BCUT2D eigenvalue weighted by molar-refractivity contribution is -0.150. The summed E-state index contributed by atoms with van der Waals surface area (Å²) in [6.07, 6.45) is 0. The van der Waals surface area contributed by atoms with E-state index in [1.165, 1.54) is 0 Å². The highest BCUT2D eigenvalue weighted by atomic mass is 16.7. The molecule has 0 bridgehead atoms. The third kappa shape index (κ3) is 1.49. The fraction of sp³-hybridized carbons (Fsp3) is 0.455. The lowest BCUT2D eigenvalue weighted by Crippen LogP contribution is -2.23. The topological polar surface area (TPSA) is 27.7 Å². The lowest BCUT2D eigenvalue weighted by atomic mass is 10.1. The van der Waals surface area contributed by atoms with Gasteiger partial charge in [-0.05, 0) is 19.1 Å². The van der Waals surface area contributed by atoms with Gasteiger partial charge in [0.1, 0.15) is 5.75 Å². The molecule has 2 rings (SSSR count). The summed E-state index contributed by atoms with van der Waals surface area (Å²) in [5.41, 5.74) is 0.944. The first kappa shape index (κ1) is 9.49. The molecule has 0 amide bonds. The van der Waals surface area contributed by atoms with Crippen molar-refractivity contribution >= 4 is 0 Å². The highest BCUT2D eigenvalue weighted by Gasteiger charge is 2.35. The number of benzene rings is 1. The minimum atomic E-state index is -0.646. The predicted molar refractivity (Wildman–Crippen MR) is 52.3 cm³/mol. The largest absolute Gasteiger partial charge is 0.496 e. The van der Waals surface area contributed by atoms with Crippen molar-refractivity contribution in [3.63, 3.8) is 0 Å². The average molecular weight is 194 g/mol. The molecule has 1 heterocycles. The Morgan fingerprint density at radius 2 is 1.86 bits per heavy atom. The number of rotatable bonds is 2. The molecule has 0 spiro atoms. The van der Waals surface area contributed by atoms with Gasteiger partial charge in [-0.25, -0.2) is 0 Å². The van der Waals surface area contributed by atoms with Crippen molar-refractivity contribution < 1.29 is 14.2 Å². The Labute approximate surface area is 83.6 Å². The molecule has 0 aliphatic carbocycles. The molecule has 1 saturated heterocycles. The molecule has 76 valence electrons. The summed E-state index contributed by atoms with van der Waals surface area (Å²) >= 11 is 0. The molecule has 3 heteroatoms. The molecule has 0 atom stereocenters. The van der Waals surface area contributed by atoms with E-state index in [9.17, 15) is 0 Å². The van der Waals surface area contributed by atoms with Crippen LogP contribution in [-0.4, -0.2) is 20.3 Å². The van der Waals surface area contributed by atoms with Crippen molar-refractivity contribution in [2.45, 2.75) is 12.7 Å². The van der Waals surface area contributed by atoms with Gasteiger partial charge in [0.05, 0.1) is 25.9 Å². The van der Waals surface area contributed by atoms with Crippen LogP contribution in [0.5, 0.6) is 5.75 Å². The Bertz CT molecular complexity index is 316. The van der Waals surface area contributed by atoms with E-state index in [0.717, 1.165) is 11.3 Å². The van der Waals surface area contributed by atoms with Crippen LogP contribution in [0.2, 0.25) is 0 Å². The molecule has 3 nitrogen and oxygen atoms in total. The predicted octanol–water partition coefficient (Wildman–Crippen LogP) is 1.91. The second kappa shape index (κ2) is 3.59. The summed E-state index contributed by atoms with van der Waals surface area (Å²) in [6.45, 7) is 3.18. The average Bonchev–Trinajstić information content (AvgIpc) is 2.66. The molecular formula is C11H14O3. The quantitative estimate of drug-likeness (QED) is 0.719. The van der Waals surface area contributed by atoms with Crippen molar-refractivity contribution in [2.24, 2.45) is 0 Å². The SMILES string of the molecule is COc1ccccc1C1(C)OCCO1. The van der Waals surface area contributed by atoms with Gasteiger partial charge >= 0.3 is 0 Å². The number of methoxy groups -OCH3 is 1. The maximum atomic E-state index is 5.57. The van der Waals surface area contributed by atoms with E-state index >= 15 is 0 Å². The second-order valence-electron chi connectivity index (χ2n) is 3.34. The molecule has 0 saturated carbocycles. The van der Waals surface area contributed by atoms with E-state index in [0.29, 0.717) is 13.2 Å². The van der Waals surface area contributed by atoms with E-state index in [1.807, 2.05) is 31.2 Å². The van der Waals surface area contributed by atoms with Gasteiger partial charge in [-0.15, -0.1) is 0 Å². The number of hydrogen-bond acceptors (Lipinski definition) is 3. The van der Waals surface area contributed by atoms with Gasteiger partial charge in [-0.3, -0.25) is 0 Å². The normalized spacial score (nSPS) is 19.6. The highest BCUT2D eigenvalue weighted by Crippen LogP contribution is 2.36. The van der Waals surface area contributed by atoms with Gasteiger partial charge < -0.3 is 14.2 Å². The minimum Gasteiger partial charge on any atom is -0.496 e. The molecule has 1 fully saturated rings. The van der Waals surface area contributed by atoms with Crippen molar-refractivity contribution in [3.05, 3.63) is 29.8 Å². The van der Waals surface area contributed by atoms with E-state index in [4.69, 9.17) is 14.2 Å². The first-order chi connectivity index (χ1) is 6.76. The van der Waals surface area contributed by atoms with Gasteiger partial charge in [0.15, 0.2) is 5.79 Å². The molecule has 1 aromatic rings. The van der Waals surface area contributed by atoms with E-state index in [2.05, 4.69) is 0 Å². The Morgan fingerprint density at radius 3 is 2.50 bits per heavy atom. The monoisotopic (exact) mass is 194 g/mol. The first-order valence-corrected chi connectivity index (χ1v) is 4.68. The van der Waals surface area contributed by atoms with Crippen LogP contribution in [0.3, 0.4) is 0 Å². The molecule has 1 aliphatic heterocycles. The summed E-state index contributed by atoms with van der Waals surface area (Å²) in [5.74, 6) is 0.156. The zero-order chi connectivity index (χ0) is 10.0. The maximum absolute atomic E-state index is 5.57. The Hall–Kier alpha value is -1.06. The summed E-state index contributed by atoms with van der Waals surface area (Å²) in [5, 5.41) is 0. The molecule has 1 aromatic carbocycles. The number of para-hydroxylation sites is 1. The fourth-order valence-corrected chi connectivity index (χ4v) is 1.69. The zero-order valence-corrected chi connectivity index (χ0v) is 8.45. The van der Waals surface area contributed by atoms with Gasteiger partial charge in [0, 0.05) is 0 Å². The summed E-state index contributed by atoms with van der Waals surface area (Å²) in [7, 11) is 1.65. The van der Waals surface area contributed by atoms with Gasteiger partial charge in [-0.2, -0.15) is 0 Å². The van der Waals surface area contributed by atoms with E-state index < -0.39 is 5.79 Å². The minimum absolute atomic E-state index is 0.633. The summed E-state index contributed by atoms with van der Waals surface area (Å²) in [4.78, 5) is 0. The van der Waals surface area contributed by atoms with Crippen LogP contribution in [0.15, 0.2) is 24.3 Å². The third-order valence-corrected chi connectivity index (χ3v) is 2.43. The summed E-state index contributed by atoms with van der Waals surface area (Å²) < 4.78 is 16.4. The van der Waals surface area contributed by atoms with Crippen LogP contribution in [0, 0.1) is 0 Å². The molecule has 0 aromatic heterocycles. The fourth-order valence-electron chi connectivity index (χ4n) is 1.69. The lowest BCUT2D eigenvalue weighted by Gasteiger charge is -2.24. The maximum Gasteiger partial charge on any atom is 0.195 e. The molecule has 14 heavy (non-hydrogen) atoms. The molecule has 1 aliphatic rings. The molecule has 0 unspecified atom stereocenters. The van der Waals surface area contributed by atoms with Crippen LogP contribution < -0.4 is 4.74 Å². The second-order valence-corrected chi connectivity index (χ2v) is 3.34. The van der Waals surface area contributed by atoms with E-state index in [1.54, 1.807) is 7.11 Å². The van der Waals surface area contributed by atoms with Crippen LogP contribution in [0.4, 0.5) is 0 Å². The smallest absolute Gasteiger partial charge is 0.195 e. The molecule has 0 N–H and O–H groups in total. The molecule has 0 radical (unpaired) electrons. The standard InChI is InChI=1S/C11H14O3/c1-11(13-7-8-14-11)9-5-3-4-6-10(9)12-2/h3-6H,7-8H2,1-2H3. The van der Waals surface area contributed by atoms with Crippen molar-refractivity contribution in [3.8, 4) is 5.75 Å². The van der Waals surface area contributed by atoms with Crippen molar-refractivity contribution in [2.75, 3.05) is 20.3 Å². The van der Waals surface area contributed by atoms with Gasteiger partial charge in [0.2, 0.25) is 0 Å². The third-order valence-electron chi connectivity index (χ3n) is 2.43. The van der Waals surface area contributed by atoms with Crippen LogP contribution in [0.1, 0.15) is 12.5 Å². The van der Waals surface area contributed by atoms with Gasteiger partial charge in [0.25, 0.3) is 0 Å². The Kier molecular flexibility index (Phi) is 2.44. The zero-order valence-electron chi connectivity index (χ0n) is 8.45. The van der Waals surface area contributed by atoms with Crippen LogP contribution in [0.25, 0.3) is 0 Å². The van der Waals surface area contributed by atoms with Crippen LogP contribution in [-0.2, 0) is 15.3 Å². The number of ether oxygens (including phenoxy) is 3. The number of hydrogen-bond donors (Lipinski definition) is 0.